The van der Waals surface area contributed by atoms with Crippen molar-refractivity contribution in [3.63, 3.8) is 0 Å². The molecule has 3 nitrogen and oxygen atoms in total. The highest BCUT2D eigenvalue weighted by atomic mass is 19.4. The fourth-order valence-corrected chi connectivity index (χ4v) is 3.41. The number of likely N-dealkylation sites (tertiary alicyclic amines) is 1. The number of hydrogen-bond acceptors (Lipinski definition) is 2. The summed E-state index contributed by atoms with van der Waals surface area (Å²) in [7, 11) is 0. The third-order valence-electron chi connectivity index (χ3n) is 5.00. The summed E-state index contributed by atoms with van der Waals surface area (Å²) in [6.07, 6.45) is -1.35. The minimum Gasteiger partial charge on any atom is -0.380 e. The predicted molar refractivity (Wildman–Crippen MR) is 79.2 cm³/mol. The van der Waals surface area contributed by atoms with Gasteiger partial charge in [-0.1, -0.05) is 6.07 Å². The van der Waals surface area contributed by atoms with Gasteiger partial charge in [-0.15, -0.1) is 0 Å². The van der Waals surface area contributed by atoms with Gasteiger partial charge in [0.15, 0.2) is 5.60 Å². The second-order valence-electron chi connectivity index (χ2n) is 6.51. The molecule has 0 bridgehead atoms. The van der Waals surface area contributed by atoms with E-state index < -0.39 is 24.6 Å². The van der Waals surface area contributed by atoms with Crippen LogP contribution in [0.5, 0.6) is 0 Å². The summed E-state index contributed by atoms with van der Waals surface area (Å²) < 4.78 is 38.4. The Morgan fingerprint density at radius 3 is 2.30 bits per heavy atom. The lowest BCUT2D eigenvalue weighted by molar-refractivity contribution is -0.271. The van der Waals surface area contributed by atoms with Crippen molar-refractivity contribution >= 4 is 5.91 Å². The first-order chi connectivity index (χ1) is 10.8. The lowest BCUT2D eigenvalue weighted by Crippen LogP contribution is -2.54. The molecule has 6 heteroatoms. The Kier molecular flexibility index (Phi) is 4.12. The fourth-order valence-electron chi connectivity index (χ4n) is 3.41. The standard InChI is InChI=1S/C17H20F3NO2/c18-17(19,20)16(23)7-9-21(10-8-16)15(22)14-6-5-12-3-1-2-4-13(12)11-14/h5-6,11,23H,1-4,7-10H2. The van der Waals surface area contributed by atoms with Gasteiger partial charge in [0.25, 0.3) is 5.91 Å². The lowest BCUT2D eigenvalue weighted by atomic mass is 9.89. The Labute approximate surface area is 133 Å². The van der Waals surface area contributed by atoms with Gasteiger partial charge in [0.2, 0.25) is 0 Å². The maximum absolute atomic E-state index is 12.8. The van der Waals surface area contributed by atoms with Crippen molar-refractivity contribution in [2.75, 3.05) is 13.1 Å². The summed E-state index contributed by atoms with van der Waals surface area (Å²) in [6, 6.07) is 5.59. The number of aliphatic hydroxyl groups is 1. The molecule has 0 radical (unpaired) electrons. The molecule has 0 saturated carbocycles. The predicted octanol–water partition coefficient (Wildman–Crippen LogP) is 3.09. The van der Waals surface area contributed by atoms with Crippen molar-refractivity contribution in [2.24, 2.45) is 0 Å². The molecule has 1 aliphatic heterocycles. The van der Waals surface area contributed by atoms with Gasteiger partial charge in [0, 0.05) is 31.5 Å². The van der Waals surface area contributed by atoms with Crippen LogP contribution in [-0.4, -0.2) is 40.8 Å². The number of rotatable bonds is 1. The van der Waals surface area contributed by atoms with Gasteiger partial charge >= 0.3 is 6.18 Å². The molecule has 3 rings (SSSR count). The van der Waals surface area contributed by atoms with E-state index in [1.165, 1.54) is 16.0 Å². The third-order valence-corrected chi connectivity index (χ3v) is 5.00. The van der Waals surface area contributed by atoms with E-state index in [1.807, 2.05) is 12.1 Å². The van der Waals surface area contributed by atoms with E-state index in [9.17, 15) is 23.1 Å². The summed E-state index contributed by atoms with van der Waals surface area (Å²) in [4.78, 5) is 13.9. The van der Waals surface area contributed by atoms with Gasteiger partial charge in [-0.2, -0.15) is 13.2 Å². The van der Waals surface area contributed by atoms with Gasteiger partial charge in [-0.05, 0) is 48.9 Å². The molecule has 23 heavy (non-hydrogen) atoms. The molecular weight excluding hydrogens is 307 g/mol. The van der Waals surface area contributed by atoms with Crippen LogP contribution < -0.4 is 0 Å². The van der Waals surface area contributed by atoms with Crippen LogP contribution in [-0.2, 0) is 12.8 Å². The number of nitrogens with zero attached hydrogens (tertiary/aromatic N) is 1. The molecule has 1 fully saturated rings. The number of aryl methyl sites for hydroxylation is 2. The van der Waals surface area contributed by atoms with Crippen LogP contribution in [0.15, 0.2) is 18.2 Å². The van der Waals surface area contributed by atoms with Crippen LogP contribution >= 0.6 is 0 Å². The first kappa shape index (κ1) is 16.3. The number of fused-ring (bicyclic) bond motifs is 1. The van der Waals surface area contributed by atoms with Crippen LogP contribution in [0.25, 0.3) is 0 Å². The van der Waals surface area contributed by atoms with Crippen molar-refractivity contribution < 1.29 is 23.1 Å². The largest absolute Gasteiger partial charge is 0.417 e. The molecule has 0 aromatic heterocycles. The van der Waals surface area contributed by atoms with E-state index in [2.05, 4.69) is 0 Å². The molecule has 1 N–H and O–H groups in total. The van der Waals surface area contributed by atoms with Crippen LogP contribution in [0, 0.1) is 0 Å². The Morgan fingerprint density at radius 1 is 1.09 bits per heavy atom. The van der Waals surface area contributed by atoms with E-state index in [0.717, 1.165) is 25.7 Å². The van der Waals surface area contributed by atoms with Gasteiger partial charge in [0.1, 0.15) is 0 Å². The lowest BCUT2D eigenvalue weighted by Gasteiger charge is -2.39. The molecule has 1 aliphatic carbocycles. The number of hydrogen-bond donors (Lipinski definition) is 1. The molecule has 1 heterocycles. The highest BCUT2D eigenvalue weighted by Crippen LogP contribution is 2.38. The van der Waals surface area contributed by atoms with Gasteiger partial charge in [-0.3, -0.25) is 4.79 Å². The fraction of sp³-hybridized carbons (Fsp3) is 0.588. The second kappa shape index (κ2) is 5.82. The molecule has 1 aromatic rings. The van der Waals surface area contributed by atoms with Gasteiger partial charge in [-0.25, -0.2) is 0 Å². The minimum atomic E-state index is -4.64. The number of amides is 1. The van der Waals surface area contributed by atoms with E-state index in [4.69, 9.17) is 0 Å². The Morgan fingerprint density at radius 2 is 1.70 bits per heavy atom. The maximum Gasteiger partial charge on any atom is 0.417 e. The number of piperidine rings is 1. The average molecular weight is 327 g/mol. The van der Waals surface area contributed by atoms with Gasteiger partial charge in [0.05, 0.1) is 0 Å². The first-order valence-electron chi connectivity index (χ1n) is 8.00. The van der Waals surface area contributed by atoms with E-state index in [0.29, 0.717) is 5.56 Å². The highest BCUT2D eigenvalue weighted by molar-refractivity contribution is 5.94. The van der Waals surface area contributed by atoms with Crippen LogP contribution in [0.1, 0.15) is 47.2 Å². The van der Waals surface area contributed by atoms with Crippen molar-refractivity contribution in [1.29, 1.82) is 0 Å². The maximum atomic E-state index is 12.8. The molecular formula is C17H20F3NO2. The molecule has 1 amide bonds. The van der Waals surface area contributed by atoms with E-state index in [1.54, 1.807) is 6.07 Å². The number of benzene rings is 1. The zero-order chi connectivity index (χ0) is 16.7. The first-order valence-corrected chi connectivity index (χ1v) is 8.00. The summed E-state index contributed by atoms with van der Waals surface area (Å²) in [6.45, 7) is -0.155. The minimum absolute atomic E-state index is 0.0775. The number of carbonyl (C=O) groups excluding carboxylic acids is 1. The van der Waals surface area contributed by atoms with Crippen molar-refractivity contribution in [3.05, 3.63) is 34.9 Å². The average Bonchev–Trinajstić information content (AvgIpc) is 2.53. The Balaban J connectivity index is 1.70. The van der Waals surface area contributed by atoms with Gasteiger partial charge < -0.3 is 10.0 Å². The molecule has 0 spiro atoms. The van der Waals surface area contributed by atoms with Crippen LogP contribution in [0.3, 0.4) is 0 Å². The monoisotopic (exact) mass is 327 g/mol. The second-order valence-corrected chi connectivity index (χ2v) is 6.51. The van der Waals surface area contributed by atoms with Crippen LogP contribution in [0.2, 0.25) is 0 Å². The summed E-state index contributed by atoms with van der Waals surface area (Å²) in [5, 5.41) is 9.67. The molecule has 0 atom stereocenters. The molecule has 126 valence electrons. The molecule has 2 aliphatic rings. The summed E-state index contributed by atoms with van der Waals surface area (Å²) in [5.74, 6) is -0.248. The number of carbonyl (C=O) groups is 1. The smallest absolute Gasteiger partial charge is 0.380 e. The third kappa shape index (κ3) is 3.09. The van der Waals surface area contributed by atoms with Crippen LogP contribution in [0.4, 0.5) is 13.2 Å². The zero-order valence-corrected chi connectivity index (χ0v) is 12.8. The van der Waals surface area contributed by atoms with E-state index >= 15 is 0 Å². The Bertz CT molecular complexity index is 604. The van der Waals surface area contributed by atoms with Crippen molar-refractivity contribution in [2.45, 2.75) is 50.3 Å². The van der Waals surface area contributed by atoms with Crippen molar-refractivity contribution in [1.82, 2.24) is 4.90 Å². The molecule has 1 aromatic carbocycles. The Hall–Kier alpha value is -1.56. The normalized spacial score (nSPS) is 21.0. The quantitative estimate of drug-likeness (QED) is 0.861. The summed E-state index contributed by atoms with van der Waals surface area (Å²) in [5.41, 5.74) is 0.298. The number of halogens is 3. The summed E-state index contributed by atoms with van der Waals surface area (Å²) >= 11 is 0. The molecule has 0 unspecified atom stereocenters. The van der Waals surface area contributed by atoms with Crippen molar-refractivity contribution in [3.8, 4) is 0 Å². The topological polar surface area (TPSA) is 40.5 Å². The highest BCUT2D eigenvalue weighted by Gasteiger charge is 2.54. The zero-order valence-electron chi connectivity index (χ0n) is 12.8. The number of alkyl halides is 3. The SMILES string of the molecule is O=C(c1ccc2c(c1)CCCC2)N1CCC(O)(C(F)(F)F)CC1. The van der Waals surface area contributed by atoms with E-state index in [-0.39, 0.29) is 19.0 Å². The molecule has 1 saturated heterocycles.